The molecule has 0 amide bonds. The maximum atomic E-state index is 13.9. The normalized spacial score (nSPS) is 13.9. The van der Waals surface area contributed by atoms with Crippen molar-refractivity contribution in [2.24, 2.45) is 5.41 Å². The number of nitrogens with one attached hydrogen (secondary N) is 1. The van der Waals surface area contributed by atoms with Gasteiger partial charge in [0.1, 0.15) is 5.82 Å². The Balaban J connectivity index is 2.83. The number of rotatable bonds is 5. The summed E-state index contributed by atoms with van der Waals surface area (Å²) in [5, 5.41) is 3.09. The van der Waals surface area contributed by atoms with Gasteiger partial charge in [-0.2, -0.15) is 0 Å². The summed E-state index contributed by atoms with van der Waals surface area (Å²) in [4.78, 5) is 2.21. The topological polar surface area (TPSA) is 15.3 Å². The molecule has 1 aromatic carbocycles. The Morgan fingerprint density at radius 2 is 1.95 bits per heavy atom. The van der Waals surface area contributed by atoms with E-state index in [-0.39, 0.29) is 11.2 Å². The Bertz CT molecular complexity index is 410. The first-order valence-corrected chi connectivity index (χ1v) is 6.88. The van der Waals surface area contributed by atoms with E-state index < -0.39 is 0 Å². The lowest BCUT2D eigenvalue weighted by Gasteiger charge is -2.35. The van der Waals surface area contributed by atoms with Crippen LogP contribution in [-0.4, -0.2) is 25.0 Å². The molecule has 3 heteroatoms. The second kappa shape index (κ2) is 6.49. The zero-order valence-corrected chi connectivity index (χ0v) is 13.0. The predicted octanol–water partition coefficient (Wildman–Crippen LogP) is 3.41. The van der Waals surface area contributed by atoms with Crippen molar-refractivity contribution in [2.45, 2.75) is 46.8 Å². The quantitative estimate of drug-likeness (QED) is 0.878. The molecule has 0 fully saturated rings. The number of benzene rings is 1. The Hall–Kier alpha value is -0.930. The molecule has 0 aromatic heterocycles. The highest BCUT2D eigenvalue weighted by atomic mass is 19.1. The second-order valence-electron chi connectivity index (χ2n) is 6.41. The summed E-state index contributed by atoms with van der Waals surface area (Å²) in [6.07, 6.45) is 0. The lowest BCUT2D eigenvalue weighted by molar-refractivity contribution is 0.133. The number of nitrogens with zero attached hydrogens (tertiary/aromatic N) is 1. The highest BCUT2D eigenvalue weighted by Gasteiger charge is 2.24. The van der Waals surface area contributed by atoms with Gasteiger partial charge < -0.3 is 5.32 Å². The van der Waals surface area contributed by atoms with E-state index in [1.54, 1.807) is 6.07 Å². The van der Waals surface area contributed by atoms with E-state index in [4.69, 9.17) is 0 Å². The van der Waals surface area contributed by atoms with Crippen molar-refractivity contribution in [3.8, 4) is 0 Å². The molecule has 1 rings (SSSR count). The molecule has 0 radical (unpaired) electrons. The van der Waals surface area contributed by atoms with Gasteiger partial charge in [-0.05, 0) is 38.1 Å². The Labute approximate surface area is 117 Å². The molecule has 0 saturated carbocycles. The maximum absolute atomic E-state index is 13.9. The third-order valence-electron chi connectivity index (χ3n) is 3.83. The van der Waals surface area contributed by atoms with E-state index in [0.717, 1.165) is 17.7 Å². The molecule has 1 atom stereocenters. The largest absolute Gasteiger partial charge is 0.316 e. The Morgan fingerprint density at radius 3 is 2.47 bits per heavy atom. The molecular weight excluding hydrogens is 239 g/mol. The van der Waals surface area contributed by atoms with Crippen LogP contribution in [0.1, 0.15) is 38.8 Å². The van der Waals surface area contributed by atoms with Crippen molar-refractivity contribution in [3.05, 3.63) is 35.1 Å². The summed E-state index contributed by atoms with van der Waals surface area (Å²) in [6, 6.07) is 5.75. The highest BCUT2D eigenvalue weighted by molar-refractivity contribution is 5.25. The third-order valence-corrected chi connectivity index (χ3v) is 3.83. The molecule has 0 spiro atoms. The first-order valence-electron chi connectivity index (χ1n) is 6.88. The van der Waals surface area contributed by atoms with E-state index >= 15 is 0 Å². The van der Waals surface area contributed by atoms with Crippen molar-refractivity contribution in [1.29, 1.82) is 0 Å². The summed E-state index contributed by atoms with van der Waals surface area (Å²) in [5.41, 5.74) is 2.08. The maximum Gasteiger partial charge on any atom is 0.127 e. The molecule has 0 aliphatic carbocycles. The smallest absolute Gasteiger partial charge is 0.127 e. The standard InChI is InChI=1S/C16H27FN2/c1-12(16(2,3)4)19(6)11-14-9-13(10-18-5)7-8-15(14)17/h7-9,12,18H,10-11H2,1-6H3. The minimum Gasteiger partial charge on any atom is -0.316 e. The van der Waals surface area contributed by atoms with Gasteiger partial charge in [0.2, 0.25) is 0 Å². The molecule has 0 bridgehead atoms. The summed E-state index contributed by atoms with van der Waals surface area (Å²) in [6.45, 7) is 10.2. The van der Waals surface area contributed by atoms with Gasteiger partial charge in [0.05, 0.1) is 0 Å². The van der Waals surface area contributed by atoms with Crippen LogP contribution >= 0.6 is 0 Å². The fourth-order valence-electron chi connectivity index (χ4n) is 2.13. The number of halogens is 1. The molecule has 0 saturated heterocycles. The Morgan fingerprint density at radius 1 is 1.32 bits per heavy atom. The SMILES string of the molecule is CNCc1ccc(F)c(CN(C)C(C)C(C)(C)C)c1. The minimum atomic E-state index is -0.118. The first kappa shape index (κ1) is 16.1. The van der Waals surface area contributed by atoms with Gasteiger partial charge in [0, 0.05) is 24.7 Å². The average molecular weight is 266 g/mol. The number of hydrogen-bond acceptors (Lipinski definition) is 2. The molecule has 0 heterocycles. The van der Waals surface area contributed by atoms with Gasteiger partial charge in [-0.3, -0.25) is 4.90 Å². The second-order valence-corrected chi connectivity index (χ2v) is 6.41. The van der Waals surface area contributed by atoms with Crippen LogP contribution in [0.15, 0.2) is 18.2 Å². The van der Waals surface area contributed by atoms with Crippen molar-refractivity contribution < 1.29 is 4.39 Å². The van der Waals surface area contributed by atoms with Crippen LogP contribution in [0, 0.1) is 11.2 Å². The van der Waals surface area contributed by atoms with Crippen LogP contribution in [0.3, 0.4) is 0 Å². The summed E-state index contributed by atoms with van der Waals surface area (Å²) < 4.78 is 13.9. The molecular formula is C16H27FN2. The average Bonchev–Trinajstić information content (AvgIpc) is 2.31. The third kappa shape index (κ3) is 4.59. The highest BCUT2D eigenvalue weighted by Crippen LogP contribution is 2.24. The fourth-order valence-corrected chi connectivity index (χ4v) is 2.13. The van der Waals surface area contributed by atoms with Crippen LogP contribution in [0.4, 0.5) is 4.39 Å². The molecule has 19 heavy (non-hydrogen) atoms. The van der Waals surface area contributed by atoms with Crippen molar-refractivity contribution in [2.75, 3.05) is 14.1 Å². The lowest BCUT2D eigenvalue weighted by atomic mass is 9.87. The van der Waals surface area contributed by atoms with Crippen LogP contribution in [0.25, 0.3) is 0 Å². The Kier molecular flexibility index (Phi) is 5.50. The van der Waals surface area contributed by atoms with Gasteiger partial charge in [-0.15, -0.1) is 0 Å². The zero-order chi connectivity index (χ0) is 14.6. The monoisotopic (exact) mass is 266 g/mol. The summed E-state index contributed by atoms with van der Waals surface area (Å²) in [5.74, 6) is -0.118. The fraction of sp³-hybridized carbons (Fsp3) is 0.625. The van der Waals surface area contributed by atoms with Gasteiger partial charge in [-0.25, -0.2) is 4.39 Å². The van der Waals surface area contributed by atoms with Crippen molar-refractivity contribution in [3.63, 3.8) is 0 Å². The van der Waals surface area contributed by atoms with Crippen LogP contribution in [0.5, 0.6) is 0 Å². The lowest BCUT2D eigenvalue weighted by Crippen LogP contribution is -2.39. The van der Waals surface area contributed by atoms with Gasteiger partial charge in [-0.1, -0.05) is 32.9 Å². The summed E-state index contributed by atoms with van der Waals surface area (Å²) in [7, 11) is 3.96. The van der Waals surface area contributed by atoms with Crippen LogP contribution in [0.2, 0.25) is 0 Å². The summed E-state index contributed by atoms with van der Waals surface area (Å²) >= 11 is 0. The molecule has 1 N–H and O–H groups in total. The van der Waals surface area contributed by atoms with Gasteiger partial charge >= 0.3 is 0 Å². The van der Waals surface area contributed by atoms with Gasteiger partial charge in [0.15, 0.2) is 0 Å². The molecule has 1 unspecified atom stereocenters. The molecule has 0 aliphatic rings. The van der Waals surface area contributed by atoms with Crippen LogP contribution in [-0.2, 0) is 13.1 Å². The van der Waals surface area contributed by atoms with Gasteiger partial charge in [0.25, 0.3) is 0 Å². The van der Waals surface area contributed by atoms with E-state index in [1.807, 2.05) is 19.2 Å². The van der Waals surface area contributed by atoms with E-state index in [1.165, 1.54) is 0 Å². The predicted molar refractivity (Wildman–Crippen MR) is 79.5 cm³/mol. The minimum absolute atomic E-state index is 0.118. The first-order chi connectivity index (χ1) is 8.75. The molecule has 2 nitrogen and oxygen atoms in total. The van der Waals surface area contributed by atoms with Crippen molar-refractivity contribution in [1.82, 2.24) is 10.2 Å². The molecule has 108 valence electrons. The molecule has 1 aromatic rings. The van der Waals surface area contributed by atoms with Crippen LogP contribution < -0.4 is 5.32 Å². The van der Waals surface area contributed by atoms with Crippen molar-refractivity contribution >= 4 is 0 Å². The number of hydrogen-bond donors (Lipinski definition) is 1. The van der Waals surface area contributed by atoms with E-state index in [9.17, 15) is 4.39 Å². The van der Waals surface area contributed by atoms with E-state index in [2.05, 4.69) is 45.0 Å². The molecule has 0 aliphatic heterocycles. The van der Waals surface area contributed by atoms with E-state index in [0.29, 0.717) is 12.6 Å². The zero-order valence-electron chi connectivity index (χ0n) is 13.0.